The molecule has 6 nitrogen and oxygen atoms in total. The molecule has 0 amide bonds. The molecule has 2 aromatic carbocycles. The maximum Gasteiger partial charge on any atom is 0.262 e. The van der Waals surface area contributed by atoms with Gasteiger partial charge in [-0.1, -0.05) is 62.3 Å². The lowest BCUT2D eigenvalue weighted by atomic mass is 9.92. The van der Waals surface area contributed by atoms with Gasteiger partial charge in [-0.05, 0) is 43.3 Å². The quantitative estimate of drug-likeness (QED) is 0.314. The van der Waals surface area contributed by atoms with Gasteiger partial charge in [0, 0.05) is 48.8 Å². The monoisotopic (exact) mass is 512 g/mol. The van der Waals surface area contributed by atoms with E-state index in [0.29, 0.717) is 28.4 Å². The number of aromatic nitrogens is 2. The largest absolute Gasteiger partial charge is 0.369 e. The molecule has 0 bridgehead atoms. The number of thioether (sulfide) groups is 1. The van der Waals surface area contributed by atoms with E-state index < -0.39 is 5.41 Å². The van der Waals surface area contributed by atoms with Crippen molar-refractivity contribution in [3.63, 3.8) is 0 Å². The molecule has 0 atom stereocenters. The van der Waals surface area contributed by atoms with E-state index in [2.05, 4.69) is 15.9 Å². The molecule has 1 fully saturated rings. The lowest BCUT2D eigenvalue weighted by Gasteiger charge is -2.36. The fraction of sp³-hybridized carbons (Fsp3) is 0.444. The summed E-state index contributed by atoms with van der Waals surface area (Å²) in [6.45, 7) is 11.1. The van der Waals surface area contributed by atoms with Crippen LogP contribution in [0.3, 0.4) is 0 Å². The van der Waals surface area contributed by atoms with Crippen LogP contribution in [-0.2, 0) is 11.3 Å². The van der Waals surface area contributed by atoms with Crippen LogP contribution in [0.2, 0.25) is 5.02 Å². The normalized spacial score (nSPS) is 15.0. The van der Waals surface area contributed by atoms with Gasteiger partial charge in [-0.15, -0.1) is 0 Å². The third-order valence-corrected chi connectivity index (χ3v) is 7.61. The lowest BCUT2D eigenvalue weighted by Crippen LogP contribution is -2.46. The number of para-hydroxylation sites is 1. The van der Waals surface area contributed by atoms with Gasteiger partial charge in [0.2, 0.25) is 0 Å². The molecule has 1 aromatic heterocycles. The first kappa shape index (κ1) is 25.7. The second-order valence-electron chi connectivity index (χ2n) is 9.99. The summed E-state index contributed by atoms with van der Waals surface area (Å²) in [5.41, 5.74) is 1.39. The molecule has 1 aliphatic rings. The van der Waals surface area contributed by atoms with Crippen LogP contribution in [0.5, 0.6) is 0 Å². The van der Waals surface area contributed by atoms with Crippen molar-refractivity contribution in [2.75, 3.05) is 43.4 Å². The Labute approximate surface area is 216 Å². The topological polar surface area (TPSA) is 58.4 Å². The summed E-state index contributed by atoms with van der Waals surface area (Å²) in [5.74, 6) is 0.453. The van der Waals surface area contributed by atoms with Crippen molar-refractivity contribution in [1.29, 1.82) is 0 Å². The van der Waals surface area contributed by atoms with Gasteiger partial charge in [-0.2, -0.15) is 0 Å². The predicted octanol–water partition coefficient (Wildman–Crippen LogP) is 4.97. The Balaban J connectivity index is 1.40. The van der Waals surface area contributed by atoms with Crippen molar-refractivity contribution in [3.05, 3.63) is 63.9 Å². The fourth-order valence-electron chi connectivity index (χ4n) is 4.16. The smallest absolute Gasteiger partial charge is 0.262 e. The van der Waals surface area contributed by atoms with Crippen molar-refractivity contribution in [1.82, 2.24) is 14.5 Å². The number of benzene rings is 2. The Morgan fingerprint density at radius 1 is 1.03 bits per heavy atom. The summed E-state index contributed by atoms with van der Waals surface area (Å²) >= 11 is 7.52. The number of hydrogen-bond acceptors (Lipinski definition) is 6. The minimum absolute atomic E-state index is 0.0351. The average Bonchev–Trinajstić information content (AvgIpc) is 2.84. The van der Waals surface area contributed by atoms with E-state index in [1.807, 2.05) is 63.2 Å². The lowest BCUT2D eigenvalue weighted by molar-refractivity contribution is -0.123. The van der Waals surface area contributed by atoms with Crippen LogP contribution in [0.4, 0.5) is 5.69 Å². The maximum absolute atomic E-state index is 13.3. The number of carbonyl (C=O) groups is 1. The van der Waals surface area contributed by atoms with Crippen LogP contribution in [0.15, 0.2) is 58.5 Å². The third kappa shape index (κ3) is 6.46. The number of nitrogens with zero attached hydrogens (tertiary/aromatic N) is 4. The highest BCUT2D eigenvalue weighted by atomic mass is 35.5. The summed E-state index contributed by atoms with van der Waals surface area (Å²) in [6.07, 6.45) is 0.845. The number of anilines is 1. The molecule has 0 saturated carbocycles. The molecular weight excluding hydrogens is 480 g/mol. The van der Waals surface area contributed by atoms with Crippen LogP contribution < -0.4 is 10.5 Å². The van der Waals surface area contributed by atoms with Crippen molar-refractivity contribution in [2.45, 2.75) is 38.9 Å². The Morgan fingerprint density at radius 3 is 2.49 bits per heavy atom. The van der Waals surface area contributed by atoms with Crippen LogP contribution in [-0.4, -0.2) is 58.7 Å². The Hall–Kier alpha value is -2.35. The summed E-state index contributed by atoms with van der Waals surface area (Å²) < 4.78 is 1.76. The highest BCUT2D eigenvalue weighted by Crippen LogP contribution is 2.24. The molecule has 8 heteroatoms. The zero-order valence-electron chi connectivity index (χ0n) is 20.7. The second-order valence-corrected chi connectivity index (χ2v) is 11.4. The first-order valence-corrected chi connectivity index (χ1v) is 13.5. The van der Waals surface area contributed by atoms with Crippen molar-refractivity contribution in [3.8, 4) is 0 Å². The molecule has 4 rings (SSSR count). The number of ketones is 1. The number of Topliss-reactive ketones (excluding diaryl/α,β-unsaturated/α-hetero) is 1. The van der Waals surface area contributed by atoms with Crippen LogP contribution in [0.25, 0.3) is 10.9 Å². The van der Waals surface area contributed by atoms with Gasteiger partial charge in [0.1, 0.15) is 5.78 Å². The number of piperazine rings is 1. The molecule has 35 heavy (non-hydrogen) atoms. The van der Waals surface area contributed by atoms with E-state index in [4.69, 9.17) is 16.6 Å². The fourth-order valence-corrected chi connectivity index (χ4v) is 5.53. The van der Waals surface area contributed by atoms with E-state index in [9.17, 15) is 9.59 Å². The molecule has 2 heterocycles. The minimum Gasteiger partial charge on any atom is -0.369 e. The van der Waals surface area contributed by atoms with Gasteiger partial charge in [0.25, 0.3) is 5.56 Å². The molecule has 1 saturated heterocycles. The second kappa shape index (κ2) is 11.1. The molecule has 0 radical (unpaired) electrons. The Morgan fingerprint density at radius 2 is 1.77 bits per heavy atom. The van der Waals surface area contributed by atoms with Crippen LogP contribution in [0, 0.1) is 5.41 Å². The van der Waals surface area contributed by atoms with Gasteiger partial charge in [0.05, 0.1) is 16.7 Å². The average molecular weight is 513 g/mol. The zero-order chi connectivity index (χ0) is 25.0. The highest BCUT2D eigenvalue weighted by molar-refractivity contribution is 7.99. The van der Waals surface area contributed by atoms with E-state index in [1.165, 1.54) is 11.8 Å². The minimum atomic E-state index is -0.414. The van der Waals surface area contributed by atoms with Crippen molar-refractivity contribution < 1.29 is 4.79 Å². The van der Waals surface area contributed by atoms with Crippen LogP contribution in [0.1, 0.15) is 27.2 Å². The first-order chi connectivity index (χ1) is 16.7. The molecule has 0 N–H and O–H groups in total. The van der Waals surface area contributed by atoms with Gasteiger partial charge < -0.3 is 4.90 Å². The number of rotatable bonds is 8. The van der Waals surface area contributed by atoms with E-state index in [0.717, 1.165) is 49.9 Å². The standard InChI is InChI=1S/C27H33ClN4O2S/c1-27(2,3)24(33)19-35-26-29-23-11-5-4-10-22(23)25(34)32(26)13-7-12-30-14-16-31(17-15-30)21-9-6-8-20(28)18-21/h4-6,8-11,18H,7,12-17,19H2,1-3H3. The van der Waals surface area contributed by atoms with Crippen LogP contribution >= 0.6 is 23.4 Å². The summed E-state index contributed by atoms with van der Waals surface area (Å²) in [5, 5.41) is 2.00. The third-order valence-electron chi connectivity index (χ3n) is 6.40. The maximum atomic E-state index is 13.3. The van der Waals surface area contributed by atoms with E-state index in [-0.39, 0.29) is 11.3 Å². The van der Waals surface area contributed by atoms with Gasteiger partial charge in [0.15, 0.2) is 5.16 Å². The summed E-state index contributed by atoms with van der Waals surface area (Å²) in [4.78, 5) is 35.4. The van der Waals surface area contributed by atoms with Crippen molar-refractivity contribution >= 4 is 45.7 Å². The SMILES string of the molecule is CC(C)(C)C(=O)CSc1nc2ccccc2c(=O)n1CCCN1CCN(c2cccc(Cl)c2)CC1. The number of carbonyl (C=O) groups excluding carboxylic acids is 1. The molecule has 0 unspecified atom stereocenters. The molecule has 186 valence electrons. The molecular formula is C27H33ClN4O2S. The summed E-state index contributed by atoms with van der Waals surface area (Å²) in [7, 11) is 0. The molecule has 3 aromatic rings. The van der Waals surface area contributed by atoms with Crippen molar-refractivity contribution in [2.24, 2.45) is 5.41 Å². The van der Waals surface area contributed by atoms with Gasteiger partial charge in [-0.3, -0.25) is 19.1 Å². The van der Waals surface area contributed by atoms with E-state index in [1.54, 1.807) is 4.57 Å². The summed E-state index contributed by atoms with van der Waals surface area (Å²) in [6, 6.07) is 15.4. The molecule has 0 spiro atoms. The highest BCUT2D eigenvalue weighted by Gasteiger charge is 2.23. The molecule has 0 aliphatic carbocycles. The Kier molecular flexibility index (Phi) is 8.19. The first-order valence-electron chi connectivity index (χ1n) is 12.1. The number of hydrogen-bond donors (Lipinski definition) is 0. The van der Waals surface area contributed by atoms with E-state index >= 15 is 0 Å². The number of fused-ring (bicyclic) bond motifs is 1. The van der Waals surface area contributed by atoms with Gasteiger partial charge in [-0.25, -0.2) is 4.98 Å². The Bertz CT molecular complexity index is 1250. The van der Waals surface area contributed by atoms with Gasteiger partial charge >= 0.3 is 0 Å². The zero-order valence-corrected chi connectivity index (χ0v) is 22.2. The molecule has 1 aliphatic heterocycles. The number of halogens is 1. The predicted molar refractivity (Wildman–Crippen MR) is 146 cm³/mol.